The molecule has 86 valence electrons. The number of carbonyl (C=O) groups is 2. The number of allylic oxidation sites excluding steroid dienone is 6. The summed E-state index contributed by atoms with van der Waals surface area (Å²) in [5.41, 5.74) is 5.61. The third kappa shape index (κ3) is 2.59. The molecule has 5 N–H and O–H groups in total. The number of nitrogens with two attached hydrogens (primary N) is 2. The molecule has 0 aromatic carbocycles. The molecule has 0 fully saturated rings. The van der Waals surface area contributed by atoms with E-state index >= 15 is 0 Å². The Labute approximate surface area is 106 Å². The molecular weight excluding hydrogens is 273 g/mol. The van der Waals surface area contributed by atoms with Gasteiger partial charge in [-0.25, -0.2) is 4.79 Å². The van der Waals surface area contributed by atoms with Crippen molar-refractivity contribution in [3.63, 3.8) is 0 Å². The van der Waals surface area contributed by atoms with Gasteiger partial charge in [0.25, 0.3) is 0 Å². The van der Waals surface area contributed by atoms with Crippen molar-refractivity contribution < 1.29 is 9.59 Å². The SMILES string of the molecule is NSNC(N)=O.O=C1C2=C(Cl)C(Cl)=C1C=C2. The summed E-state index contributed by atoms with van der Waals surface area (Å²) in [6, 6.07) is -0.623. The highest BCUT2D eigenvalue weighted by atomic mass is 35.5. The number of carbonyl (C=O) groups excluding carboxylic acids is 2. The van der Waals surface area contributed by atoms with E-state index in [1.54, 1.807) is 12.2 Å². The molecule has 0 atom stereocenters. The summed E-state index contributed by atoms with van der Waals surface area (Å²) in [5.74, 6) is -0.0463. The molecule has 0 aromatic heterocycles. The van der Waals surface area contributed by atoms with Gasteiger partial charge in [-0.1, -0.05) is 23.2 Å². The molecule has 2 bridgehead atoms. The van der Waals surface area contributed by atoms with Gasteiger partial charge in [0.2, 0.25) is 0 Å². The lowest BCUT2D eigenvalue weighted by molar-refractivity contribution is -0.111. The van der Waals surface area contributed by atoms with Gasteiger partial charge in [-0.3, -0.25) is 14.7 Å². The fraction of sp³-hybridized carbons (Fsp3) is 0. The monoisotopic (exact) mass is 279 g/mol. The lowest BCUT2D eigenvalue weighted by Gasteiger charge is -1.92. The van der Waals surface area contributed by atoms with Gasteiger partial charge in [0, 0.05) is 23.3 Å². The smallest absolute Gasteiger partial charge is 0.323 e. The van der Waals surface area contributed by atoms with Crippen LogP contribution in [0.15, 0.2) is 33.4 Å². The average Bonchev–Trinajstić information content (AvgIpc) is 2.65. The van der Waals surface area contributed by atoms with Crippen molar-refractivity contribution in [2.75, 3.05) is 0 Å². The maximum absolute atomic E-state index is 11.0. The highest BCUT2D eigenvalue weighted by molar-refractivity contribution is 7.95. The molecule has 2 rings (SSSR count). The Kier molecular flexibility index (Phi) is 4.43. The Hall–Kier alpha value is -0.950. The minimum Gasteiger partial charge on any atom is -0.351 e. The molecule has 0 aromatic rings. The predicted octanol–water partition coefficient (Wildman–Crippen LogP) is 1.30. The summed E-state index contributed by atoms with van der Waals surface area (Å²) in [4.78, 5) is 20.7. The van der Waals surface area contributed by atoms with E-state index in [0.717, 1.165) is 0 Å². The van der Waals surface area contributed by atoms with E-state index in [9.17, 15) is 9.59 Å². The van der Waals surface area contributed by atoms with Gasteiger partial charge in [0.05, 0.1) is 10.1 Å². The van der Waals surface area contributed by atoms with Crippen LogP contribution in [0.4, 0.5) is 4.79 Å². The van der Waals surface area contributed by atoms with E-state index in [0.29, 0.717) is 33.3 Å². The van der Waals surface area contributed by atoms with Crippen molar-refractivity contribution in [1.82, 2.24) is 4.72 Å². The number of hydrogen-bond acceptors (Lipinski definition) is 4. The van der Waals surface area contributed by atoms with E-state index in [1.807, 2.05) is 4.72 Å². The number of hydrogen-bond donors (Lipinski definition) is 3. The van der Waals surface area contributed by atoms with Crippen LogP contribution in [0.5, 0.6) is 0 Å². The van der Waals surface area contributed by atoms with Crippen molar-refractivity contribution in [2.45, 2.75) is 0 Å². The van der Waals surface area contributed by atoms with E-state index in [4.69, 9.17) is 28.3 Å². The summed E-state index contributed by atoms with van der Waals surface area (Å²) >= 11 is 12.0. The van der Waals surface area contributed by atoms with Gasteiger partial charge in [-0.05, 0) is 12.2 Å². The van der Waals surface area contributed by atoms with Gasteiger partial charge in [-0.2, -0.15) is 0 Å². The number of amides is 2. The van der Waals surface area contributed by atoms with Crippen LogP contribution < -0.4 is 15.6 Å². The first-order valence-corrected chi connectivity index (χ1v) is 5.56. The topological polar surface area (TPSA) is 98.2 Å². The molecule has 2 aliphatic rings. The number of rotatable bonds is 1. The highest BCUT2D eigenvalue weighted by Gasteiger charge is 2.31. The second-order valence-corrected chi connectivity index (χ2v) is 3.90. The molecular formula is C8H7Cl2N3O2S. The summed E-state index contributed by atoms with van der Waals surface area (Å²) < 4.78 is 2.04. The minimum atomic E-state index is -0.623. The molecule has 2 aliphatic carbocycles. The van der Waals surface area contributed by atoms with Crippen molar-refractivity contribution in [1.29, 1.82) is 0 Å². The van der Waals surface area contributed by atoms with Gasteiger partial charge in [0.15, 0.2) is 5.78 Å². The number of Topliss-reactive ketones (excluding diaryl/α,β-unsaturated/α-hetero) is 1. The van der Waals surface area contributed by atoms with Gasteiger partial charge >= 0.3 is 6.03 Å². The van der Waals surface area contributed by atoms with Crippen molar-refractivity contribution >= 4 is 47.2 Å². The van der Waals surface area contributed by atoms with Crippen LogP contribution in [0.3, 0.4) is 0 Å². The first kappa shape index (κ1) is 13.1. The van der Waals surface area contributed by atoms with Crippen LogP contribution in [0.1, 0.15) is 0 Å². The average molecular weight is 280 g/mol. The first-order chi connectivity index (χ1) is 7.49. The minimum absolute atomic E-state index is 0.0463. The quantitative estimate of drug-likeness (QED) is 0.630. The molecule has 5 nitrogen and oxygen atoms in total. The number of nitrogens with one attached hydrogen (secondary N) is 1. The van der Waals surface area contributed by atoms with Crippen LogP contribution in [-0.2, 0) is 4.79 Å². The summed E-state index contributed by atoms with van der Waals surface area (Å²) in [6.45, 7) is 0. The molecule has 8 heteroatoms. The zero-order chi connectivity index (χ0) is 12.3. The molecule has 0 saturated heterocycles. The van der Waals surface area contributed by atoms with Gasteiger partial charge in [-0.15, -0.1) is 0 Å². The Balaban J connectivity index is 0.000000187. The van der Waals surface area contributed by atoms with Crippen LogP contribution in [0, 0.1) is 0 Å². The Bertz CT molecular complexity index is 413. The van der Waals surface area contributed by atoms with E-state index in [1.165, 1.54) is 0 Å². The molecule has 0 saturated carbocycles. The zero-order valence-electron chi connectivity index (χ0n) is 7.79. The van der Waals surface area contributed by atoms with E-state index in [2.05, 4.69) is 5.73 Å². The third-order valence-electron chi connectivity index (χ3n) is 1.73. The molecule has 0 heterocycles. The van der Waals surface area contributed by atoms with E-state index < -0.39 is 6.03 Å². The molecule has 0 radical (unpaired) electrons. The summed E-state index contributed by atoms with van der Waals surface area (Å²) in [7, 11) is 0. The van der Waals surface area contributed by atoms with Gasteiger partial charge < -0.3 is 5.73 Å². The first-order valence-electron chi connectivity index (χ1n) is 3.93. The maximum atomic E-state index is 11.0. The second kappa shape index (κ2) is 5.40. The lowest BCUT2D eigenvalue weighted by atomic mass is 10.2. The van der Waals surface area contributed by atoms with Crippen LogP contribution >= 0.6 is 35.3 Å². The molecule has 2 amide bonds. The lowest BCUT2D eigenvalue weighted by Crippen LogP contribution is -2.24. The summed E-state index contributed by atoms with van der Waals surface area (Å²) in [6.07, 6.45) is 3.37. The number of halogens is 2. The van der Waals surface area contributed by atoms with Crippen molar-refractivity contribution in [3.8, 4) is 0 Å². The normalized spacial score (nSPS) is 16.6. The predicted molar refractivity (Wildman–Crippen MR) is 64.4 cm³/mol. The van der Waals surface area contributed by atoms with E-state index in [-0.39, 0.29) is 5.78 Å². The molecule has 0 aliphatic heterocycles. The number of ketones is 1. The Morgan fingerprint density at radius 1 is 1.25 bits per heavy atom. The molecule has 16 heavy (non-hydrogen) atoms. The fourth-order valence-electron chi connectivity index (χ4n) is 1.10. The zero-order valence-corrected chi connectivity index (χ0v) is 10.1. The summed E-state index contributed by atoms with van der Waals surface area (Å²) in [5, 5.41) is 5.52. The third-order valence-corrected chi connectivity index (χ3v) is 2.93. The Morgan fingerprint density at radius 2 is 1.69 bits per heavy atom. The fourth-order valence-corrected chi connectivity index (χ4v) is 1.72. The number of primary amides is 1. The van der Waals surface area contributed by atoms with Gasteiger partial charge in [0.1, 0.15) is 0 Å². The largest absolute Gasteiger partial charge is 0.351 e. The molecule has 0 spiro atoms. The van der Waals surface area contributed by atoms with Crippen molar-refractivity contribution in [3.05, 3.63) is 33.4 Å². The van der Waals surface area contributed by atoms with Crippen LogP contribution in [0.2, 0.25) is 0 Å². The standard InChI is InChI=1S/C7H2Cl2O.CH5N3OS/c8-5-3-1-2-4(6(5)9)7(3)10;2-1(5)4-6-3/h1-2H;3H2,(H3,2,4,5). The number of urea groups is 1. The van der Waals surface area contributed by atoms with Crippen LogP contribution in [-0.4, -0.2) is 11.8 Å². The molecule has 0 unspecified atom stereocenters. The van der Waals surface area contributed by atoms with Crippen molar-refractivity contribution in [2.24, 2.45) is 10.9 Å². The maximum Gasteiger partial charge on any atom is 0.323 e. The second-order valence-electron chi connectivity index (χ2n) is 2.70. The number of fused-ring (bicyclic) bond motifs is 2. The Morgan fingerprint density at radius 3 is 1.81 bits per heavy atom. The highest BCUT2D eigenvalue weighted by Crippen LogP contribution is 2.40. The van der Waals surface area contributed by atoms with Crippen LogP contribution in [0.25, 0.3) is 0 Å².